The summed E-state index contributed by atoms with van der Waals surface area (Å²) in [5.41, 5.74) is 0.464. The molecule has 4 nitrogen and oxygen atoms in total. The number of aliphatic imine (C=N–C) groups is 1. The van der Waals surface area contributed by atoms with E-state index in [-0.39, 0.29) is 11.5 Å². The number of hydrogen-bond donors (Lipinski definition) is 2. The fourth-order valence-corrected chi connectivity index (χ4v) is 3.05. The van der Waals surface area contributed by atoms with Gasteiger partial charge < -0.3 is 10.4 Å². The second kappa shape index (κ2) is 4.17. The van der Waals surface area contributed by atoms with Crippen LogP contribution >= 0.6 is 0 Å². The van der Waals surface area contributed by atoms with Crippen molar-refractivity contribution in [2.45, 2.75) is 57.0 Å². The Bertz CT molecular complexity index is 412. The van der Waals surface area contributed by atoms with Crippen LogP contribution in [0.2, 0.25) is 0 Å². The highest BCUT2D eigenvalue weighted by Crippen LogP contribution is 2.29. The predicted octanol–water partition coefficient (Wildman–Crippen LogP) is 1.86. The minimum absolute atomic E-state index is 0.0404. The van der Waals surface area contributed by atoms with E-state index in [1.165, 1.54) is 12.8 Å². The van der Waals surface area contributed by atoms with E-state index in [1.807, 2.05) is 0 Å². The third kappa shape index (κ3) is 1.85. The van der Waals surface area contributed by atoms with Gasteiger partial charge in [0.1, 0.15) is 11.6 Å². The molecule has 2 aliphatic carbocycles. The van der Waals surface area contributed by atoms with Gasteiger partial charge in [-0.1, -0.05) is 12.8 Å². The normalized spacial score (nSPS) is 33.2. The first kappa shape index (κ1) is 10.8. The molecule has 4 heteroatoms. The van der Waals surface area contributed by atoms with Gasteiger partial charge in [0.15, 0.2) is 5.78 Å². The zero-order valence-electron chi connectivity index (χ0n) is 9.91. The smallest absolute Gasteiger partial charge is 0.169 e. The highest BCUT2D eigenvalue weighted by atomic mass is 16.3. The molecule has 17 heavy (non-hydrogen) atoms. The van der Waals surface area contributed by atoms with Crippen molar-refractivity contribution in [3.05, 3.63) is 11.3 Å². The zero-order valence-corrected chi connectivity index (χ0v) is 9.91. The van der Waals surface area contributed by atoms with Crippen molar-refractivity contribution in [2.75, 3.05) is 0 Å². The molecular formula is C13H18N2O2. The molecule has 0 radical (unpaired) electrons. The van der Waals surface area contributed by atoms with Gasteiger partial charge in [0, 0.05) is 18.9 Å². The quantitative estimate of drug-likeness (QED) is 0.728. The summed E-state index contributed by atoms with van der Waals surface area (Å²) >= 11 is 0. The molecule has 2 unspecified atom stereocenters. The molecule has 0 amide bonds. The van der Waals surface area contributed by atoms with Crippen LogP contribution in [0.4, 0.5) is 0 Å². The van der Waals surface area contributed by atoms with E-state index in [1.54, 1.807) is 0 Å². The summed E-state index contributed by atoms with van der Waals surface area (Å²) in [7, 11) is 0. The second-order valence-corrected chi connectivity index (χ2v) is 5.18. The van der Waals surface area contributed by atoms with Crippen LogP contribution in [0.25, 0.3) is 0 Å². The number of ketones is 1. The molecule has 1 aliphatic heterocycles. The van der Waals surface area contributed by atoms with Crippen molar-refractivity contribution >= 4 is 11.6 Å². The Morgan fingerprint density at radius 3 is 2.76 bits per heavy atom. The summed E-state index contributed by atoms with van der Waals surface area (Å²) in [5.74, 6) is 0.925. The molecule has 2 atom stereocenters. The topological polar surface area (TPSA) is 61.7 Å². The van der Waals surface area contributed by atoms with Crippen molar-refractivity contribution in [1.82, 2.24) is 5.32 Å². The van der Waals surface area contributed by atoms with E-state index in [0.29, 0.717) is 36.3 Å². The Labute approximate surface area is 101 Å². The van der Waals surface area contributed by atoms with E-state index in [4.69, 9.17) is 0 Å². The Kier molecular flexibility index (Phi) is 2.65. The van der Waals surface area contributed by atoms with Crippen molar-refractivity contribution in [3.63, 3.8) is 0 Å². The molecule has 1 fully saturated rings. The van der Waals surface area contributed by atoms with Gasteiger partial charge in [-0.3, -0.25) is 9.79 Å². The van der Waals surface area contributed by atoms with Crippen LogP contribution < -0.4 is 5.32 Å². The predicted molar refractivity (Wildman–Crippen MR) is 65.1 cm³/mol. The second-order valence-electron chi connectivity index (χ2n) is 5.18. The van der Waals surface area contributed by atoms with E-state index < -0.39 is 0 Å². The number of carbonyl (C=O) groups is 1. The fraction of sp³-hybridized carbons (Fsp3) is 0.692. The van der Waals surface area contributed by atoms with Crippen LogP contribution in [0.15, 0.2) is 16.3 Å². The Hall–Kier alpha value is -1.32. The number of fused-ring (bicyclic) bond motifs is 1. The summed E-state index contributed by atoms with van der Waals surface area (Å²) in [6, 6.07) is 0.697. The first-order chi connectivity index (χ1) is 8.25. The summed E-state index contributed by atoms with van der Waals surface area (Å²) < 4.78 is 0. The third-order valence-electron chi connectivity index (χ3n) is 3.97. The number of nitrogens with zero attached hydrogens (tertiary/aromatic N) is 1. The summed E-state index contributed by atoms with van der Waals surface area (Å²) in [5, 5.41) is 13.2. The van der Waals surface area contributed by atoms with Crippen LogP contribution in [-0.2, 0) is 4.79 Å². The molecule has 0 aromatic carbocycles. The van der Waals surface area contributed by atoms with E-state index in [2.05, 4.69) is 10.3 Å². The lowest BCUT2D eigenvalue weighted by atomic mass is 9.92. The van der Waals surface area contributed by atoms with Gasteiger partial charge in [-0.25, -0.2) is 0 Å². The number of Topliss-reactive ketones (excluding diaryl/α,β-unsaturated/α-hetero) is 1. The molecule has 1 heterocycles. The Morgan fingerprint density at radius 2 is 2.00 bits per heavy atom. The van der Waals surface area contributed by atoms with Crippen molar-refractivity contribution in [2.24, 2.45) is 4.99 Å². The minimum atomic E-state index is 0.0404. The molecule has 0 saturated heterocycles. The van der Waals surface area contributed by atoms with Crippen LogP contribution in [-0.4, -0.2) is 28.8 Å². The van der Waals surface area contributed by atoms with Gasteiger partial charge in [-0.05, 0) is 19.3 Å². The maximum absolute atomic E-state index is 11.9. The fourth-order valence-electron chi connectivity index (χ4n) is 3.05. The largest absolute Gasteiger partial charge is 0.511 e. The maximum Gasteiger partial charge on any atom is 0.169 e. The maximum atomic E-state index is 11.9. The number of amidine groups is 1. The molecule has 0 aromatic heterocycles. The first-order valence-corrected chi connectivity index (χ1v) is 6.56. The van der Waals surface area contributed by atoms with Crippen LogP contribution in [0, 0.1) is 0 Å². The van der Waals surface area contributed by atoms with Crippen molar-refractivity contribution in [1.29, 1.82) is 0 Å². The lowest BCUT2D eigenvalue weighted by Gasteiger charge is -2.23. The molecule has 3 rings (SSSR count). The molecule has 1 saturated carbocycles. The minimum Gasteiger partial charge on any atom is -0.511 e. The standard InChI is InChI=1S/C13H18N2O2/c16-10-6-3-7-11(17)12(10)13-14-8-4-1-2-5-9(8)15-13/h8-9,16H,1-7H2,(H,14,15). The average Bonchev–Trinajstić information content (AvgIpc) is 2.71. The lowest BCUT2D eigenvalue weighted by Crippen LogP contribution is -2.38. The molecule has 0 aromatic rings. The zero-order chi connectivity index (χ0) is 11.8. The molecule has 2 N–H and O–H groups in total. The number of nitrogens with one attached hydrogen (secondary N) is 1. The summed E-state index contributed by atoms with van der Waals surface area (Å²) in [6.45, 7) is 0. The van der Waals surface area contributed by atoms with Gasteiger partial charge in [0.25, 0.3) is 0 Å². The van der Waals surface area contributed by atoms with E-state index >= 15 is 0 Å². The number of rotatable bonds is 1. The molecule has 92 valence electrons. The van der Waals surface area contributed by atoms with Crippen LogP contribution in [0.5, 0.6) is 0 Å². The lowest BCUT2D eigenvalue weighted by molar-refractivity contribution is -0.115. The number of allylic oxidation sites excluding steroid dienone is 1. The number of hydrogen-bond acceptors (Lipinski definition) is 4. The highest BCUT2D eigenvalue weighted by Gasteiger charge is 2.35. The Morgan fingerprint density at radius 1 is 1.18 bits per heavy atom. The average molecular weight is 234 g/mol. The van der Waals surface area contributed by atoms with Gasteiger partial charge in [0.2, 0.25) is 0 Å². The van der Waals surface area contributed by atoms with Crippen molar-refractivity contribution in [3.8, 4) is 0 Å². The Balaban J connectivity index is 1.87. The van der Waals surface area contributed by atoms with Gasteiger partial charge >= 0.3 is 0 Å². The van der Waals surface area contributed by atoms with Gasteiger partial charge in [0.05, 0.1) is 11.6 Å². The van der Waals surface area contributed by atoms with Gasteiger partial charge in [-0.2, -0.15) is 0 Å². The van der Waals surface area contributed by atoms with Crippen molar-refractivity contribution < 1.29 is 9.90 Å². The monoisotopic (exact) mass is 234 g/mol. The SMILES string of the molecule is O=C1CCCC(O)=C1C1=NC2CCCCC2N1. The third-order valence-corrected chi connectivity index (χ3v) is 3.97. The van der Waals surface area contributed by atoms with Crippen LogP contribution in [0.3, 0.4) is 0 Å². The number of carbonyl (C=O) groups excluding carboxylic acids is 1. The summed E-state index contributed by atoms with van der Waals surface area (Å²) in [6.07, 6.45) is 6.58. The molecule has 0 spiro atoms. The number of aliphatic hydroxyl groups excluding tert-OH is 1. The summed E-state index contributed by atoms with van der Waals surface area (Å²) in [4.78, 5) is 16.5. The molecular weight excluding hydrogens is 216 g/mol. The van der Waals surface area contributed by atoms with E-state index in [0.717, 1.165) is 19.3 Å². The van der Waals surface area contributed by atoms with E-state index in [9.17, 15) is 9.90 Å². The number of aliphatic hydroxyl groups is 1. The van der Waals surface area contributed by atoms with Crippen LogP contribution in [0.1, 0.15) is 44.9 Å². The molecule has 3 aliphatic rings. The first-order valence-electron chi connectivity index (χ1n) is 6.56. The highest BCUT2D eigenvalue weighted by molar-refractivity contribution is 6.22. The van der Waals surface area contributed by atoms with Gasteiger partial charge in [-0.15, -0.1) is 0 Å². The molecule has 0 bridgehead atoms.